The number of anilines is 1. The summed E-state index contributed by atoms with van der Waals surface area (Å²) in [6, 6.07) is 5.95. The van der Waals surface area contributed by atoms with E-state index in [9.17, 15) is 16.8 Å². The van der Waals surface area contributed by atoms with Gasteiger partial charge in [0, 0.05) is 18.8 Å². The van der Waals surface area contributed by atoms with Crippen molar-refractivity contribution in [2.45, 2.75) is 44.9 Å². The molecule has 6 nitrogen and oxygen atoms in total. The molecule has 1 fully saturated rings. The molecule has 2 rings (SSSR count). The van der Waals surface area contributed by atoms with Crippen LogP contribution in [0.25, 0.3) is 0 Å². The lowest BCUT2D eigenvalue weighted by atomic mass is 9.94. The lowest BCUT2D eigenvalue weighted by Gasteiger charge is -2.34. The lowest BCUT2D eigenvalue weighted by molar-refractivity contribution is 0.222. The number of benzene rings is 1. The Hall–Kier alpha value is -1.12. The molecular weight excluding hydrogens is 360 g/mol. The topological polar surface area (TPSA) is 83.5 Å². The van der Waals surface area contributed by atoms with Crippen LogP contribution < -0.4 is 4.72 Å². The molecule has 0 spiro atoms. The van der Waals surface area contributed by atoms with Crippen molar-refractivity contribution in [3.8, 4) is 0 Å². The van der Waals surface area contributed by atoms with Crippen LogP contribution in [0.4, 0.5) is 5.69 Å². The van der Waals surface area contributed by atoms with Gasteiger partial charge in [0.25, 0.3) is 0 Å². The highest BCUT2D eigenvalue weighted by molar-refractivity contribution is 7.92. The Bertz CT molecular complexity index is 763. The van der Waals surface area contributed by atoms with Gasteiger partial charge in [0.1, 0.15) is 0 Å². The summed E-state index contributed by atoms with van der Waals surface area (Å²) >= 11 is 0. The summed E-state index contributed by atoms with van der Waals surface area (Å²) in [4.78, 5) is 0.199. The molecule has 1 heterocycles. The third kappa shape index (κ3) is 5.43. The maximum Gasteiger partial charge on any atom is 0.243 e. The number of rotatable bonds is 7. The Morgan fingerprint density at radius 2 is 1.60 bits per heavy atom. The molecule has 2 atom stereocenters. The molecule has 0 aliphatic carbocycles. The second kappa shape index (κ2) is 8.05. The van der Waals surface area contributed by atoms with Gasteiger partial charge in [-0.3, -0.25) is 4.72 Å². The minimum Gasteiger partial charge on any atom is -0.284 e. The first-order chi connectivity index (χ1) is 11.6. The molecule has 0 bridgehead atoms. The summed E-state index contributed by atoms with van der Waals surface area (Å²) in [7, 11) is -6.94. The molecule has 0 aromatic heterocycles. The van der Waals surface area contributed by atoms with E-state index in [1.807, 2.05) is 6.92 Å². The monoisotopic (exact) mass is 388 g/mol. The molecular formula is C17H28N2O4S2. The van der Waals surface area contributed by atoms with Crippen molar-refractivity contribution in [2.24, 2.45) is 11.8 Å². The van der Waals surface area contributed by atoms with Gasteiger partial charge in [0.2, 0.25) is 20.0 Å². The van der Waals surface area contributed by atoms with Crippen LogP contribution in [0.2, 0.25) is 0 Å². The van der Waals surface area contributed by atoms with Crippen molar-refractivity contribution >= 4 is 25.7 Å². The molecule has 0 saturated carbocycles. The number of hydrogen-bond donors (Lipinski definition) is 1. The SMILES string of the molecule is CCCCS(=O)(=O)Nc1ccc(S(=O)(=O)N2C[C@H](C)C[C@H](C)C2)cc1. The molecule has 0 radical (unpaired) electrons. The third-order valence-electron chi connectivity index (χ3n) is 4.37. The molecule has 8 heteroatoms. The zero-order chi connectivity index (χ0) is 18.7. The van der Waals surface area contributed by atoms with E-state index in [0.29, 0.717) is 37.0 Å². The maximum atomic E-state index is 12.8. The first-order valence-electron chi connectivity index (χ1n) is 8.74. The predicted molar refractivity (Wildman–Crippen MR) is 100 cm³/mol. The molecule has 1 saturated heterocycles. The molecule has 1 aliphatic rings. The number of piperidine rings is 1. The zero-order valence-corrected chi connectivity index (χ0v) is 16.7. The summed E-state index contributed by atoms with van der Waals surface area (Å²) in [6.07, 6.45) is 2.42. The fourth-order valence-electron chi connectivity index (χ4n) is 3.21. The first kappa shape index (κ1) is 20.2. The van der Waals surface area contributed by atoms with Gasteiger partial charge in [-0.05, 0) is 48.9 Å². The molecule has 0 unspecified atom stereocenters. The van der Waals surface area contributed by atoms with Crippen molar-refractivity contribution in [1.29, 1.82) is 0 Å². The van der Waals surface area contributed by atoms with Gasteiger partial charge in [-0.1, -0.05) is 27.2 Å². The zero-order valence-electron chi connectivity index (χ0n) is 15.1. The highest BCUT2D eigenvalue weighted by atomic mass is 32.2. The molecule has 0 amide bonds. The quantitative estimate of drug-likeness (QED) is 0.778. The van der Waals surface area contributed by atoms with Crippen LogP contribution in [0.3, 0.4) is 0 Å². The maximum absolute atomic E-state index is 12.8. The molecule has 25 heavy (non-hydrogen) atoms. The Kier molecular flexibility index (Phi) is 6.51. The van der Waals surface area contributed by atoms with Crippen LogP contribution in [0.15, 0.2) is 29.2 Å². The van der Waals surface area contributed by atoms with Crippen molar-refractivity contribution in [3.63, 3.8) is 0 Å². The van der Waals surface area contributed by atoms with E-state index in [1.54, 1.807) is 0 Å². The first-order valence-corrected chi connectivity index (χ1v) is 11.8. The summed E-state index contributed by atoms with van der Waals surface area (Å²) in [5, 5.41) is 0. The molecule has 1 aliphatic heterocycles. The molecule has 142 valence electrons. The van der Waals surface area contributed by atoms with E-state index >= 15 is 0 Å². The van der Waals surface area contributed by atoms with Gasteiger partial charge < -0.3 is 0 Å². The van der Waals surface area contributed by atoms with E-state index in [2.05, 4.69) is 18.6 Å². The Labute approximate surface area is 151 Å². The molecule has 1 aromatic carbocycles. The van der Waals surface area contributed by atoms with E-state index in [4.69, 9.17) is 0 Å². The number of nitrogens with one attached hydrogen (secondary N) is 1. The standard InChI is InChI=1S/C17H28N2O4S2/c1-4-5-10-24(20,21)18-16-6-8-17(9-7-16)25(22,23)19-12-14(2)11-15(3)13-19/h6-9,14-15,18H,4-5,10-13H2,1-3H3/t14-,15+. The van der Waals surface area contributed by atoms with Crippen LogP contribution in [0.5, 0.6) is 0 Å². The Morgan fingerprint density at radius 1 is 1.04 bits per heavy atom. The Balaban J connectivity index is 2.13. The molecule has 1 aromatic rings. The van der Waals surface area contributed by atoms with Crippen molar-refractivity contribution in [3.05, 3.63) is 24.3 Å². The smallest absolute Gasteiger partial charge is 0.243 e. The number of nitrogens with zero attached hydrogens (tertiary/aromatic N) is 1. The van der Waals surface area contributed by atoms with Crippen molar-refractivity contribution in [2.75, 3.05) is 23.6 Å². The van der Waals surface area contributed by atoms with Crippen LogP contribution in [0.1, 0.15) is 40.0 Å². The van der Waals surface area contributed by atoms with Gasteiger partial charge in [0.15, 0.2) is 0 Å². The van der Waals surface area contributed by atoms with Gasteiger partial charge in [-0.25, -0.2) is 16.8 Å². The van der Waals surface area contributed by atoms with Crippen LogP contribution >= 0.6 is 0 Å². The van der Waals surface area contributed by atoms with E-state index in [-0.39, 0.29) is 10.6 Å². The van der Waals surface area contributed by atoms with Crippen molar-refractivity contribution in [1.82, 2.24) is 4.31 Å². The number of unbranched alkanes of at least 4 members (excludes halogenated alkanes) is 1. The highest BCUT2D eigenvalue weighted by Gasteiger charge is 2.31. The second-order valence-corrected chi connectivity index (χ2v) is 10.8. The van der Waals surface area contributed by atoms with Gasteiger partial charge in [0.05, 0.1) is 10.6 Å². The average molecular weight is 389 g/mol. The summed E-state index contributed by atoms with van der Waals surface area (Å²) in [5.74, 6) is 0.735. The summed E-state index contributed by atoms with van der Waals surface area (Å²) in [6.45, 7) is 7.10. The minimum atomic E-state index is -3.55. The van der Waals surface area contributed by atoms with Crippen LogP contribution in [-0.2, 0) is 20.0 Å². The average Bonchev–Trinajstić information content (AvgIpc) is 2.52. The van der Waals surface area contributed by atoms with Crippen LogP contribution in [0, 0.1) is 11.8 Å². The van der Waals surface area contributed by atoms with Crippen molar-refractivity contribution < 1.29 is 16.8 Å². The largest absolute Gasteiger partial charge is 0.284 e. The fourth-order valence-corrected chi connectivity index (χ4v) is 6.16. The van der Waals surface area contributed by atoms with Gasteiger partial charge in [-0.2, -0.15) is 4.31 Å². The normalized spacial score (nSPS) is 22.7. The summed E-state index contributed by atoms with van der Waals surface area (Å²) < 4.78 is 53.5. The number of sulfonamides is 2. The van der Waals surface area contributed by atoms with Gasteiger partial charge >= 0.3 is 0 Å². The van der Waals surface area contributed by atoms with Crippen LogP contribution in [-0.4, -0.2) is 40.0 Å². The third-order valence-corrected chi connectivity index (χ3v) is 7.59. The minimum absolute atomic E-state index is 0.0626. The second-order valence-electron chi connectivity index (χ2n) is 7.07. The summed E-state index contributed by atoms with van der Waals surface area (Å²) in [5.41, 5.74) is 0.385. The fraction of sp³-hybridized carbons (Fsp3) is 0.647. The predicted octanol–water partition coefficient (Wildman–Crippen LogP) is 2.90. The van der Waals surface area contributed by atoms with Gasteiger partial charge in [-0.15, -0.1) is 0 Å². The lowest BCUT2D eigenvalue weighted by Crippen LogP contribution is -2.42. The Morgan fingerprint density at radius 3 is 2.12 bits per heavy atom. The molecule has 1 N–H and O–H groups in total. The highest BCUT2D eigenvalue weighted by Crippen LogP contribution is 2.27. The van der Waals surface area contributed by atoms with E-state index in [1.165, 1.54) is 28.6 Å². The van der Waals surface area contributed by atoms with E-state index < -0.39 is 20.0 Å². The van der Waals surface area contributed by atoms with E-state index in [0.717, 1.165) is 12.8 Å². The number of hydrogen-bond acceptors (Lipinski definition) is 4.